The normalized spacial score (nSPS) is 11.1. The molecule has 0 aliphatic rings. The molecule has 2 aromatic carbocycles. The molecule has 1 heterocycles. The third kappa shape index (κ3) is 2.56. The fraction of sp³-hybridized carbons (Fsp3) is 0.125. The molecule has 0 unspecified atom stereocenters. The van der Waals surface area contributed by atoms with Gasteiger partial charge in [-0.3, -0.25) is 0 Å². The van der Waals surface area contributed by atoms with E-state index in [1.807, 2.05) is 12.1 Å². The van der Waals surface area contributed by atoms with Crippen LogP contribution in [0.4, 0.5) is 0 Å². The van der Waals surface area contributed by atoms with Crippen LogP contribution in [0.15, 0.2) is 53.1 Å². The van der Waals surface area contributed by atoms with Gasteiger partial charge in [0.25, 0.3) is 0 Å². The second kappa shape index (κ2) is 5.03. The molecule has 0 saturated heterocycles. The fourth-order valence-electron chi connectivity index (χ4n) is 2.24. The van der Waals surface area contributed by atoms with Crippen molar-refractivity contribution in [1.82, 2.24) is 4.57 Å². The fourth-order valence-corrected chi connectivity index (χ4v) is 2.73. The third-order valence-corrected chi connectivity index (χ3v) is 4.42. The van der Waals surface area contributed by atoms with Crippen molar-refractivity contribution in [2.45, 2.75) is 13.5 Å². The van der Waals surface area contributed by atoms with E-state index in [0.717, 1.165) is 16.0 Å². The molecule has 1 nitrogen and oxygen atoms in total. The number of hydrogen-bond donors (Lipinski definition) is 0. The van der Waals surface area contributed by atoms with Crippen LogP contribution in [-0.2, 0) is 6.54 Å². The molecule has 0 amide bonds. The standard InChI is InChI=1S/C16H13BrClN/c1-11-8-16-13(9-15(11)17)6-7-19(16)10-12-2-4-14(18)5-3-12/h2-9H,10H2,1H3. The summed E-state index contributed by atoms with van der Waals surface area (Å²) in [6.45, 7) is 2.98. The topological polar surface area (TPSA) is 4.93 Å². The van der Waals surface area contributed by atoms with Gasteiger partial charge in [0.1, 0.15) is 0 Å². The molecular formula is C16H13BrClN. The quantitative estimate of drug-likeness (QED) is 0.590. The van der Waals surface area contributed by atoms with Crippen LogP contribution in [-0.4, -0.2) is 4.57 Å². The SMILES string of the molecule is Cc1cc2c(ccn2Cc2ccc(Cl)cc2)cc1Br. The molecule has 0 N–H and O–H groups in total. The van der Waals surface area contributed by atoms with Crippen molar-refractivity contribution in [1.29, 1.82) is 0 Å². The van der Waals surface area contributed by atoms with E-state index in [9.17, 15) is 0 Å². The van der Waals surface area contributed by atoms with E-state index in [2.05, 4.69) is 63.9 Å². The molecule has 0 aliphatic carbocycles. The highest BCUT2D eigenvalue weighted by Gasteiger charge is 2.05. The summed E-state index contributed by atoms with van der Waals surface area (Å²) in [5.41, 5.74) is 3.77. The first-order valence-corrected chi connectivity index (χ1v) is 7.30. The van der Waals surface area contributed by atoms with Gasteiger partial charge in [0.2, 0.25) is 0 Å². The molecule has 0 spiro atoms. The van der Waals surface area contributed by atoms with Crippen molar-refractivity contribution >= 4 is 38.4 Å². The average molecular weight is 335 g/mol. The van der Waals surface area contributed by atoms with E-state index in [0.29, 0.717) is 0 Å². The second-order valence-electron chi connectivity index (χ2n) is 4.73. The summed E-state index contributed by atoms with van der Waals surface area (Å²) < 4.78 is 3.42. The van der Waals surface area contributed by atoms with Crippen LogP contribution in [0.2, 0.25) is 5.02 Å². The van der Waals surface area contributed by atoms with E-state index in [-0.39, 0.29) is 0 Å². The molecule has 1 aromatic heterocycles. The van der Waals surface area contributed by atoms with Crippen LogP contribution in [0.5, 0.6) is 0 Å². The molecule has 0 fully saturated rings. The van der Waals surface area contributed by atoms with Crippen molar-refractivity contribution in [2.75, 3.05) is 0 Å². The maximum absolute atomic E-state index is 5.91. The molecule has 0 aliphatic heterocycles. The van der Waals surface area contributed by atoms with Gasteiger partial charge in [0.05, 0.1) is 0 Å². The minimum absolute atomic E-state index is 0.779. The van der Waals surface area contributed by atoms with Crippen LogP contribution in [0.3, 0.4) is 0 Å². The highest BCUT2D eigenvalue weighted by atomic mass is 79.9. The van der Waals surface area contributed by atoms with Crippen LogP contribution in [0.25, 0.3) is 10.9 Å². The molecule has 0 radical (unpaired) electrons. The average Bonchev–Trinajstić information content (AvgIpc) is 2.76. The Balaban J connectivity index is 2.01. The summed E-state index contributed by atoms with van der Waals surface area (Å²) in [6.07, 6.45) is 2.13. The summed E-state index contributed by atoms with van der Waals surface area (Å²) in [6, 6.07) is 14.5. The number of halogens is 2. The first kappa shape index (κ1) is 12.8. The number of aromatic nitrogens is 1. The van der Waals surface area contributed by atoms with Gasteiger partial charge in [0, 0.05) is 33.1 Å². The Kier molecular flexibility index (Phi) is 3.38. The van der Waals surface area contributed by atoms with Gasteiger partial charge in [-0.05, 0) is 48.4 Å². The summed E-state index contributed by atoms with van der Waals surface area (Å²) >= 11 is 9.49. The number of rotatable bonds is 2. The van der Waals surface area contributed by atoms with Crippen molar-refractivity contribution in [3.8, 4) is 0 Å². The molecule has 96 valence electrons. The summed E-state index contributed by atoms with van der Waals surface area (Å²) in [5.74, 6) is 0. The Morgan fingerprint density at radius 1 is 1.11 bits per heavy atom. The van der Waals surface area contributed by atoms with Crippen molar-refractivity contribution in [3.05, 3.63) is 69.3 Å². The van der Waals surface area contributed by atoms with E-state index >= 15 is 0 Å². The first-order valence-electron chi connectivity index (χ1n) is 6.13. The molecule has 0 bridgehead atoms. The van der Waals surface area contributed by atoms with Crippen LogP contribution < -0.4 is 0 Å². The zero-order chi connectivity index (χ0) is 13.4. The molecule has 3 heteroatoms. The van der Waals surface area contributed by atoms with Crippen LogP contribution >= 0.6 is 27.5 Å². The maximum Gasteiger partial charge on any atom is 0.0486 e. The van der Waals surface area contributed by atoms with E-state index in [1.165, 1.54) is 22.0 Å². The van der Waals surface area contributed by atoms with Gasteiger partial charge in [-0.25, -0.2) is 0 Å². The molecule has 19 heavy (non-hydrogen) atoms. The molecule has 3 rings (SSSR count). The lowest BCUT2D eigenvalue weighted by atomic mass is 10.2. The minimum atomic E-state index is 0.779. The Bertz CT molecular complexity index is 728. The Labute approximate surface area is 125 Å². The largest absolute Gasteiger partial charge is 0.343 e. The van der Waals surface area contributed by atoms with E-state index in [1.54, 1.807) is 0 Å². The zero-order valence-corrected chi connectivity index (χ0v) is 12.9. The highest BCUT2D eigenvalue weighted by molar-refractivity contribution is 9.10. The Hall–Kier alpha value is -1.25. The smallest absolute Gasteiger partial charge is 0.0486 e. The number of nitrogens with zero attached hydrogens (tertiary/aromatic N) is 1. The van der Waals surface area contributed by atoms with E-state index in [4.69, 9.17) is 11.6 Å². The van der Waals surface area contributed by atoms with Crippen molar-refractivity contribution in [3.63, 3.8) is 0 Å². The monoisotopic (exact) mass is 333 g/mol. The van der Waals surface area contributed by atoms with Gasteiger partial charge in [-0.15, -0.1) is 0 Å². The number of fused-ring (bicyclic) bond motifs is 1. The lowest BCUT2D eigenvalue weighted by molar-refractivity contribution is 0.836. The lowest BCUT2D eigenvalue weighted by Gasteiger charge is -2.07. The van der Waals surface area contributed by atoms with Gasteiger partial charge in [-0.2, -0.15) is 0 Å². The lowest BCUT2D eigenvalue weighted by Crippen LogP contribution is -1.97. The van der Waals surface area contributed by atoms with Gasteiger partial charge in [-0.1, -0.05) is 39.7 Å². The first-order chi connectivity index (χ1) is 9.13. The summed E-state index contributed by atoms with van der Waals surface area (Å²) in [5, 5.41) is 2.03. The molecular weight excluding hydrogens is 322 g/mol. The zero-order valence-electron chi connectivity index (χ0n) is 10.5. The maximum atomic E-state index is 5.91. The number of aryl methyl sites for hydroxylation is 1. The Morgan fingerprint density at radius 3 is 2.58 bits per heavy atom. The van der Waals surface area contributed by atoms with Crippen LogP contribution in [0.1, 0.15) is 11.1 Å². The number of benzene rings is 2. The molecule has 0 saturated carbocycles. The predicted molar refractivity (Wildman–Crippen MR) is 84.9 cm³/mol. The highest BCUT2D eigenvalue weighted by Crippen LogP contribution is 2.25. The van der Waals surface area contributed by atoms with Crippen molar-refractivity contribution in [2.24, 2.45) is 0 Å². The van der Waals surface area contributed by atoms with Crippen LogP contribution in [0, 0.1) is 6.92 Å². The second-order valence-corrected chi connectivity index (χ2v) is 6.02. The van der Waals surface area contributed by atoms with Crippen molar-refractivity contribution < 1.29 is 0 Å². The van der Waals surface area contributed by atoms with E-state index < -0.39 is 0 Å². The van der Waals surface area contributed by atoms with Gasteiger partial charge >= 0.3 is 0 Å². The molecule has 3 aromatic rings. The van der Waals surface area contributed by atoms with Gasteiger partial charge < -0.3 is 4.57 Å². The van der Waals surface area contributed by atoms with Gasteiger partial charge in [0.15, 0.2) is 0 Å². The number of hydrogen-bond acceptors (Lipinski definition) is 0. The summed E-state index contributed by atoms with van der Waals surface area (Å²) in [4.78, 5) is 0. The Morgan fingerprint density at radius 2 is 1.84 bits per heavy atom. The molecule has 0 atom stereocenters. The summed E-state index contributed by atoms with van der Waals surface area (Å²) in [7, 11) is 0. The third-order valence-electron chi connectivity index (χ3n) is 3.32. The predicted octanol–water partition coefficient (Wildman–Crippen LogP) is 5.41. The minimum Gasteiger partial charge on any atom is -0.343 e.